The van der Waals surface area contributed by atoms with Gasteiger partial charge in [-0.1, -0.05) is 19.1 Å². The van der Waals surface area contributed by atoms with E-state index in [0.29, 0.717) is 19.1 Å². The number of hydrogen-bond acceptors (Lipinski definition) is 4. The van der Waals surface area contributed by atoms with Crippen molar-refractivity contribution >= 4 is 0 Å². The van der Waals surface area contributed by atoms with E-state index in [2.05, 4.69) is 13.0 Å². The zero-order chi connectivity index (χ0) is 15.1. The highest BCUT2D eigenvalue weighted by atomic mass is 16.5. The van der Waals surface area contributed by atoms with Crippen molar-refractivity contribution in [2.75, 3.05) is 26.4 Å². The minimum absolute atomic E-state index is 0.152. The second kappa shape index (κ2) is 8.25. The Labute approximate surface area is 127 Å². The summed E-state index contributed by atoms with van der Waals surface area (Å²) < 4.78 is 17.2. The quantitative estimate of drug-likeness (QED) is 0.801. The van der Waals surface area contributed by atoms with Crippen molar-refractivity contribution in [1.29, 1.82) is 0 Å². The van der Waals surface area contributed by atoms with Crippen molar-refractivity contribution in [1.82, 2.24) is 0 Å². The van der Waals surface area contributed by atoms with Crippen LogP contribution in [0.25, 0.3) is 0 Å². The molecule has 1 aromatic carbocycles. The van der Waals surface area contributed by atoms with Crippen molar-refractivity contribution < 1.29 is 14.2 Å². The largest absolute Gasteiger partial charge is 0.490 e. The average molecular weight is 293 g/mol. The molecule has 21 heavy (non-hydrogen) atoms. The summed E-state index contributed by atoms with van der Waals surface area (Å²) in [6.45, 7) is 7.03. The summed E-state index contributed by atoms with van der Waals surface area (Å²) in [5.74, 6) is 2.15. The Morgan fingerprint density at radius 2 is 2.19 bits per heavy atom. The van der Waals surface area contributed by atoms with Gasteiger partial charge in [0.15, 0.2) is 11.5 Å². The SMILES string of the molecule is CCOc1cccc(CC(N)CC)c1OCC1CCOC1. The number of rotatable bonds is 8. The van der Waals surface area contributed by atoms with Gasteiger partial charge in [0.25, 0.3) is 0 Å². The third-order valence-corrected chi connectivity index (χ3v) is 3.85. The zero-order valence-electron chi connectivity index (χ0n) is 13.1. The first kappa shape index (κ1) is 16.1. The van der Waals surface area contributed by atoms with E-state index in [1.165, 1.54) is 0 Å². The monoisotopic (exact) mass is 293 g/mol. The van der Waals surface area contributed by atoms with Gasteiger partial charge in [0, 0.05) is 18.6 Å². The molecule has 2 atom stereocenters. The molecule has 0 amide bonds. The third-order valence-electron chi connectivity index (χ3n) is 3.85. The fourth-order valence-corrected chi connectivity index (χ4v) is 2.50. The molecule has 4 nitrogen and oxygen atoms in total. The average Bonchev–Trinajstić information content (AvgIpc) is 3.00. The second-order valence-electron chi connectivity index (χ2n) is 5.59. The molecule has 2 unspecified atom stereocenters. The smallest absolute Gasteiger partial charge is 0.164 e. The normalized spacial score (nSPS) is 19.5. The lowest BCUT2D eigenvalue weighted by Crippen LogP contribution is -2.22. The van der Waals surface area contributed by atoms with Crippen LogP contribution in [0.3, 0.4) is 0 Å². The van der Waals surface area contributed by atoms with Gasteiger partial charge in [0.1, 0.15) is 0 Å². The Morgan fingerprint density at radius 1 is 1.33 bits per heavy atom. The summed E-state index contributed by atoms with van der Waals surface area (Å²) in [5, 5.41) is 0. The molecule has 1 aliphatic rings. The van der Waals surface area contributed by atoms with Crippen LogP contribution in [0.1, 0.15) is 32.3 Å². The van der Waals surface area contributed by atoms with E-state index in [1.54, 1.807) is 0 Å². The highest BCUT2D eigenvalue weighted by Gasteiger charge is 2.19. The molecule has 1 aliphatic heterocycles. The first-order valence-corrected chi connectivity index (χ1v) is 7.95. The molecule has 0 aromatic heterocycles. The minimum atomic E-state index is 0.152. The Morgan fingerprint density at radius 3 is 2.86 bits per heavy atom. The molecule has 0 saturated carbocycles. The van der Waals surface area contributed by atoms with Gasteiger partial charge < -0.3 is 19.9 Å². The molecule has 4 heteroatoms. The minimum Gasteiger partial charge on any atom is -0.490 e. The second-order valence-corrected chi connectivity index (χ2v) is 5.59. The summed E-state index contributed by atoms with van der Waals surface area (Å²) in [6.07, 6.45) is 2.84. The topological polar surface area (TPSA) is 53.7 Å². The first-order chi connectivity index (χ1) is 10.2. The molecule has 1 aromatic rings. The molecule has 1 saturated heterocycles. The molecule has 0 spiro atoms. The lowest BCUT2D eigenvalue weighted by Gasteiger charge is -2.19. The highest BCUT2D eigenvalue weighted by molar-refractivity contribution is 5.47. The lowest BCUT2D eigenvalue weighted by atomic mass is 10.0. The number of ether oxygens (including phenoxy) is 3. The van der Waals surface area contributed by atoms with Crippen molar-refractivity contribution in [2.45, 2.75) is 39.2 Å². The lowest BCUT2D eigenvalue weighted by molar-refractivity contribution is 0.164. The van der Waals surface area contributed by atoms with Gasteiger partial charge in [-0.05, 0) is 37.8 Å². The Bertz CT molecular complexity index is 430. The standard InChI is InChI=1S/C17H27NO3/c1-3-15(18)10-14-6-5-7-16(20-4-2)17(14)21-12-13-8-9-19-11-13/h5-7,13,15H,3-4,8-12,18H2,1-2H3. The number of para-hydroxylation sites is 1. The number of benzene rings is 1. The van der Waals surface area contributed by atoms with Crippen molar-refractivity contribution in [3.63, 3.8) is 0 Å². The van der Waals surface area contributed by atoms with Crippen molar-refractivity contribution in [3.05, 3.63) is 23.8 Å². The van der Waals surface area contributed by atoms with Crippen LogP contribution in [0.5, 0.6) is 11.5 Å². The predicted octanol–water partition coefficient (Wildman–Crippen LogP) is 2.78. The highest BCUT2D eigenvalue weighted by Crippen LogP contribution is 2.33. The van der Waals surface area contributed by atoms with E-state index >= 15 is 0 Å². The molecule has 1 heterocycles. The predicted molar refractivity (Wildman–Crippen MR) is 84.0 cm³/mol. The summed E-state index contributed by atoms with van der Waals surface area (Å²) >= 11 is 0. The van der Waals surface area contributed by atoms with E-state index in [4.69, 9.17) is 19.9 Å². The van der Waals surface area contributed by atoms with Gasteiger partial charge in [-0.15, -0.1) is 0 Å². The van der Waals surface area contributed by atoms with Crippen molar-refractivity contribution in [3.8, 4) is 11.5 Å². The Hall–Kier alpha value is -1.26. The molecule has 0 aliphatic carbocycles. The van der Waals surface area contributed by atoms with E-state index in [0.717, 1.165) is 49.5 Å². The molecule has 118 valence electrons. The summed E-state index contributed by atoms with van der Waals surface area (Å²) in [4.78, 5) is 0. The van der Waals surface area contributed by atoms with E-state index < -0.39 is 0 Å². The number of nitrogens with two attached hydrogens (primary N) is 1. The molecular weight excluding hydrogens is 266 g/mol. The van der Waals surface area contributed by atoms with Crippen LogP contribution < -0.4 is 15.2 Å². The maximum atomic E-state index is 6.10. The Balaban J connectivity index is 2.11. The molecular formula is C17H27NO3. The van der Waals surface area contributed by atoms with Crippen LogP contribution in [0, 0.1) is 5.92 Å². The fourth-order valence-electron chi connectivity index (χ4n) is 2.50. The van der Waals surface area contributed by atoms with Gasteiger partial charge >= 0.3 is 0 Å². The molecule has 0 radical (unpaired) electrons. The van der Waals surface area contributed by atoms with Crippen LogP contribution in [0.15, 0.2) is 18.2 Å². The third kappa shape index (κ3) is 4.61. The fraction of sp³-hybridized carbons (Fsp3) is 0.647. The van der Waals surface area contributed by atoms with Gasteiger partial charge in [0.2, 0.25) is 0 Å². The van der Waals surface area contributed by atoms with Crippen LogP contribution in [-0.4, -0.2) is 32.5 Å². The van der Waals surface area contributed by atoms with Crippen LogP contribution in [0.4, 0.5) is 0 Å². The van der Waals surface area contributed by atoms with E-state index in [1.807, 2.05) is 19.1 Å². The van der Waals surface area contributed by atoms with Gasteiger partial charge in [-0.3, -0.25) is 0 Å². The molecule has 1 fully saturated rings. The maximum absolute atomic E-state index is 6.10. The summed E-state index contributed by atoms with van der Waals surface area (Å²) in [5.41, 5.74) is 7.23. The van der Waals surface area contributed by atoms with Gasteiger partial charge in [0.05, 0.1) is 19.8 Å². The summed E-state index contributed by atoms with van der Waals surface area (Å²) in [6, 6.07) is 6.21. The van der Waals surface area contributed by atoms with E-state index in [-0.39, 0.29) is 6.04 Å². The van der Waals surface area contributed by atoms with Crippen LogP contribution in [0.2, 0.25) is 0 Å². The zero-order valence-corrected chi connectivity index (χ0v) is 13.1. The number of hydrogen-bond donors (Lipinski definition) is 1. The van der Waals surface area contributed by atoms with Crippen LogP contribution in [-0.2, 0) is 11.2 Å². The van der Waals surface area contributed by atoms with Crippen LogP contribution >= 0.6 is 0 Å². The molecule has 2 N–H and O–H groups in total. The van der Waals surface area contributed by atoms with Gasteiger partial charge in [-0.25, -0.2) is 0 Å². The molecule has 2 rings (SSSR count). The van der Waals surface area contributed by atoms with Crippen molar-refractivity contribution in [2.24, 2.45) is 11.7 Å². The Kier molecular flexibility index (Phi) is 6.33. The summed E-state index contributed by atoms with van der Waals surface area (Å²) in [7, 11) is 0. The molecule has 0 bridgehead atoms. The van der Waals surface area contributed by atoms with Gasteiger partial charge in [-0.2, -0.15) is 0 Å². The maximum Gasteiger partial charge on any atom is 0.164 e. The first-order valence-electron chi connectivity index (χ1n) is 7.95. The van der Waals surface area contributed by atoms with E-state index in [9.17, 15) is 0 Å².